The summed E-state index contributed by atoms with van der Waals surface area (Å²) in [5.41, 5.74) is 1.01. The van der Waals surface area contributed by atoms with Crippen LogP contribution in [-0.2, 0) is 6.18 Å². The van der Waals surface area contributed by atoms with E-state index in [0.717, 1.165) is 61.3 Å². The predicted molar refractivity (Wildman–Crippen MR) is 133 cm³/mol. The largest absolute Gasteiger partial charge is 0.417 e. The molecular weight excluding hydrogens is 479 g/mol. The number of nitrogens with one attached hydrogen (secondary N) is 3. The highest BCUT2D eigenvalue weighted by atomic mass is 35.5. The van der Waals surface area contributed by atoms with E-state index in [2.05, 4.69) is 25.9 Å². The van der Waals surface area contributed by atoms with Gasteiger partial charge in [0.25, 0.3) is 5.91 Å². The van der Waals surface area contributed by atoms with Crippen molar-refractivity contribution in [1.82, 2.24) is 20.9 Å². The number of hydrogen-bond donors (Lipinski definition) is 3. The molecule has 1 aromatic heterocycles. The number of hydrogen-bond acceptors (Lipinski definition) is 5. The van der Waals surface area contributed by atoms with Gasteiger partial charge in [0.2, 0.25) is 0 Å². The summed E-state index contributed by atoms with van der Waals surface area (Å²) in [6.45, 7) is 3.52. The number of halogens is 4. The van der Waals surface area contributed by atoms with E-state index in [0.29, 0.717) is 0 Å². The van der Waals surface area contributed by atoms with E-state index in [4.69, 9.17) is 11.6 Å². The molecule has 1 amide bonds. The average Bonchev–Trinajstić information content (AvgIpc) is 2.85. The maximum Gasteiger partial charge on any atom is 0.417 e. The summed E-state index contributed by atoms with van der Waals surface area (Å²) in [4.78, 5) is 21.1. The number of allylic oxidation sites excluding steroid dienone is 1. The average molecular weight is 508 g/mol. The lowest BCUT2D eigenvalue weighted by Crippen LogP contribution is -2.46. The first-order valence-corrected chi connectivity index (χ1v) is 11.9. The van der Waals surface area contributed by atoms with Gasteiger partial charge in [0, 0.05) is 43.8 Å². The van der Waals surface area contributed by atoms with Crippen molar-refractivity contribution >= 4 is 29.3 Å². The van der Waals surface area contributed by atoms with Gasteiger partial charge in [-0.1, -0.05) is 36.2 Å². The topological polar surface area (TPSA) is 78.4 Å². The van der Waals surface area contributed by atoms with Crippen LogP contribution >= 0.6 is 11.6 Å². The van der Waals surface area contributed by atoms with Crippen molar-refractivity contribution in [3.05, 3.63) is 70.1 Å². The van der Waals surface area contributed by atoms with Crippen LogP contribution in [0.2, 0.25) is 5.02 Å². The van der Waals surface area contributed by atoms with Crippen molar-refractivity contribution in [1.29, 1.82) is 0 Å². The number of nitrogens with zero attached hydrogens (tertiary/aromatic N) is 2. The molecule has 3 rings (SSSR count). The molecule has 0 saturated carbocycles. The van der Waals surface area contributed by atoms with Crippen LogP contribution < -0.4 is 16.0 Å². The van der Waals surface area contributed by atoms with Crippen molar-refractivity contribution in [3.8, 4) is 0 Å². The molecule has 0 radical (unpaired) electrons. The molecule has 188 valence electrons. The highest BCUT2D eigenvalue weighted by molar-refractivity contribution is 6.34. The van der Waals surface area contributed by atoms with Crippen LogP contribution in [0.5, 0.6) is 0 Å². The lowest BCUT2D eigenvalue weighted by atomic mass is 9.90. The first-order chi connectivity index (χ1) is 16.8. The molecular formula is C25H29ClF3N5O. The van der Waals surface area contributed by atoms with E-state index < -0.39 is 34.4 Å². The summed E-state index contributed by atoms with van der Waals surface area (Å²) in [7, 11) is 1.68. The first kappa shape index (κ1) is 26.7. The third-order valence-corrected chi connectivity index (χ3v) is 6.14. The van der Waals surface area contributed by atoms with E-state index in [-0.39, 0.29) is 6.04 Å². The molecule has 0 aliphatic carbocycles. The second kappa shape index (κ2) is 12.2. The Labute approximate surface area is 208 Å². The second-order valence-electron chi connectivity index (χ2n) is 8.20. The van der Waals surface area contributed by atoms with Gasteiger partial charge in [0.15, 0.2) is 0 Å². The van der Waals surface area contributed by atoms with Crippen molar-refractivity contribution < 1.29 is 18.0 Å². The predicted octanol–water partition coefficient (Wildman–Crippen LogP) is 5.02. The highest BCUT2D eigenvalue weighted by Gasteiger charge is 2.36. The summed E-state index contributed by atoms with van der Waals surface area (Å²) >= 11 is 5.97. The summed E-state index contributed by atoms with van der Waals surface area (Å²) in [5, 5.41) is 8.79. The molecule has 35 heavy (non-hydrogen) atoms. The number of piperidine rings is 1. The van der Waals surface area contributed by atoms with Crippen LogP contribution in [-0.4, -0.2) is 43.3 Å². The maximum atomic E-state index is 13.3. The zero-order chi connectivity index (χ0) is 25.4. The number of carbonyl (C=O) groups excluding carboxylic acids is 1. The van der Waals surface area contributed by atoms with Crippen LogP contribution in [0, 0.1) is 0 Å². The Balaban J connectivity index is 1.98. The Kier molecular flexibility index (Phi) is 9.28. The Morgan fingerprint density at radius 3 is 2.80 bits per heavy atom. The van der Waals surface area contributed by atoms with Gasteiger partial charge in [0.05, 0.1) is 16.6 Å². The van der Waals surface area contributed by atoms with E-state index in [1.807, 2.05) is 37.4 Å². The quantitative estimate of drug-likeness (QED) is 0.438. The first-order valence-electron chi connectivity index (χ1n) is 11.5. The van der Waals surface area contributed by atoms with E-state index >= 15 is 0 Å². The highest BCUT2D eigenvalue weighted by Crippen LogP contribution is 2.36. The molecule has 1 saturated heterocycles. The summed E-state index contributed by atoms with van der Waals surface area (Å²) in [6, 6.07) is 7.81. The minimum Gasteiger partial charge on any atom is -0.391 e. The molecule has 2 aromatic rings. The molecule has 3 N–H and O–H groups in total. The summed E-state index contributed by atoms with van der Waals surface area (Å²) < 4.78 is 39.9. The van der Waals surface area contributed by atoms with E-state index in [1.165, 1.54) is 0 Å². The molecule has 0 bridgehead atoms. The van der Waals surface area contributed by atoms with Crippen molar-refractivity contribution in [2.24, 2.45) is 4.99 Å². The van der Waals surface area contributed by atoms with Gasteiger partial charge in [-0.3, -0.25) is 9.79 Å². The fourth-order valence-electron chi connectivity index (χ4n) is 4.07. The van der Waals surface area contributed by atoms with Gasteiger partial charge in [-0.25, -0.2) is 4.98 Å². The van der Waals surface area contributed by atoms with Gasteiger partial charge < -0.3 is 16.0 Å². The van der Waals surface area contributed by atoms with Gasteiger partial charge in [-0.05, 0) is 49.6 Å². The number of alkyl halides is 3. The lowest BCUT2D eigenvalue weighted by molar-refractivity contribution is -0.137. The van der Waals surface area contributed by atoms with Crippen LogP contribution in [0.4, 0.5) is 13.2 Å². The molecule has 1 fully saturated rings. The van der Waals surface area contributed by atoms with Gasteiger partial charge >= 0.3 is 6.18 Å². The molecule has 2 atom stereocenters. The van der Waals surface area contributed by atoms with Crippen molar-refractivity contribution in [2.75, 3.05) is 20.1 Å². The Morgan fingerprint density at radius 2 is 2.14 bits per heavy atom. The van der Waals surface area contributed by atoms with E-state index in [1.54, 1.807) is 13.3 Å². The molecule has 10 heteroatoms. The third-order valence-electron chi connectivity index (χ3n) is 5.76. The number of aliphatic imine (C=N–C) groups is 1. The zero-order valence-corrected chi connectivity index (χ0v) is 20.4. The molecule has 0 spiro atoms. The molecule has 1 aliphatic heterocycles. The van der Waals surface area contributed by atoms with Crippen LogP contribution in [0.1, 0.15) is 59.4 Å². The van der Waals surface area contributed by atoms with E-state index in [9.17, 15) is 18.0 Å². The molecule has 1 aromatic carbocycles. The van der Waals surface area contributed by atoms with Crippen LogP contribution in [0.15, 0.2) is 47.7 Å². The van der Waals surface area contributed by atoms with Crippen LogP contribution in [0.3, 0.4) is 0 Å². The maximum absolute atomic E-state index is 13.3. The standard InChI is InChI=1S/C25H29ClF3N5O/c1-3-31-15-18(14-30-2)16-7-6-8-17(13-16)22(20-9-4-5-11-32-20)34-24(35)23-21(26)19(10-12-33-23)25(27,28)29/h6-8,10,12-15,20,22,31-32H,3-5,9,11H2,1-2H3,(H,34,35)/b18-15+,30-14-/t20-,22-/m0/s1. The van der Waals surface area contributed by atoms with Crippen molar-refractivity contribution in [3.63, 3.8) is 0 Å². The zero-order valence-electron chi connectivity index (χ0n) is 19.6. The van der Waals surface area contributed by atoms with Gasteiger partial charge in [0.1, 0.15) is 5.69 Å². The Bertz CT molecular complexity index is 1080. The molecule has 1 aliphatic rings. The van der Waals surface area contributed by atoms with Gasteiger partial charge in [-0.2, -0.15) is 13.2 Å². The number of benzene rings is 1. The van der Waals surface area contributed by atoms with Gasteiger partial charge in [-0.15, -0.1) is 0 Å². The molecule has 2 heterocycles. The fourth-order valence-corrected chi connectivity index (χ4v) is 4.37. The molecule has 0 unspecified atom stereocenters. The van der Waals surface area contributed by atoms with Crippen LogP contribution in [0.25, 0.3) is 5.57 Å². The number of pyridine rings is 1. The number of amides is 1. The van der Waals surface area contributed by atoms with Crippen molar-refractivity contribution in [2.45, 2.75) is 44.4 Å². The summed E-state index contributed by atoms with van der Waals surface area (Å²) in [6.07, 6.45) is 2.64. The number of aromatic nitrogens is 1. The Hall–Kier alpha value is -2.91. The second-order valence-corrected chi connectivity index (χ2v) is 8.57. The smallest absolute Gasteiger partial charge is 0.391 e. The third kappa shape index (κ3) is 6.82. The SMILES string of the molecule is CCN/C=C(\C=N/C)c1cccc([C@H](NC(=O)c2nccc(C(F)(F)F)c2Cl)[C@@H]2CCCCN2)c1. The minimum atomic E-state index is -4.69. The monoisotopic (exact) mass is 507 g/mol. The number of rotatable bonds is 8. The molecule has 6 nitrogen and oxygen atoms in total. The number of carbonyl (C=O) groups is 1. The summed E-state index contributed by atoms with van der Waals surface area (Å²) in [5.74, 6) is -0.762. The Morgan fingerprint density at radius 1 is 1.34 bits per heavy atom. The lowest BCUT2D eigenvalue weighted by Gasteiger charge is -2.32. The minimum absolute atomic E-state index is 0.103. The fraction of sp³-hybridized carbons (Fsp3) is 0.400. The normalized spacial score (nSPS) is 17.9.